The Hall–Kier alpha value is -1.56. The van der Waals surface area contributed by atoms with E-state index in [1.165, 1.54) is 12.2 Å². The second-order valence-electron chi connectivity index (χ2n) is 10.1. The summed E-state index contributed by atoms with van der Waals surface area (Å²) in [5, 5.41) is 11.4. The first-order chi connectivity index (χ1) is 14.9. The minimum atomic E-state index is -2.00. The molecule has 0 spiro atoms. The van der Waals surface area contributed by atoms with Crippen molar-refractivity contribution in [2.75, 3.05) is 0 Å². The van der Waals surface area contributed by atoms with Gasteiger partial charge in [-0.05, 0) is 0 Å². The molecule has 0 bridgehead atoms. The van der Waals surface area contributed by atoms with E-state index in [0.29, 0.717) is 30.4 Å². The molecule has 4 rings (SSSR count). The number of alkyl halides is 1. The van der Waals surface area contributed by atoms with Crippen LogP contribution in [0, 0.1) is 22.7 Å². The van der Waals surface area contributed by atoms with Crippen LogP contribution in [0.15, 0.2) is 36.0 Å². The minimum absolute atomic E-state index is 0.0207. The summed E-state index contributed by atoms with van der Waals surface area (Å²) in [5.74, 6) is 0.246. The van der Waals surface area contributed by atoms with Crippen LogP contribution in [0.3, 0.4) is 0 Å². The Kier molecular flexibility index (Phi) is 5.51. The number of aliphatic hydroxyl groups is 1. The third kappa shape index (κ3) is 2.68. The Balaban J connectivity index is 1.86. The van der Waals surface area contributed by atoms with Gasteiger partial charge >= 0.3 is 195 Å². The number of hydrogen-bond acceptors (Lipinski definition) is 5. The average molecular weight is 509 g/mol. The van der Waals surface area contributed by atoms with E-state index in [4.69, 9.17) is 4.74 Å². The SMILES string of the molecule is C=C1CC2C3CCC4=CC(=O)C=C[C@]4(C)[C@@]3(F)[C@@H](O)C[C@]2(C)[C@@]1(OC(=O)CC)C(=O)[Se]C. The Morgan fingerprint density at radius 3 is 2.66 bits per heavy atom. The molecule has 0 heterocycles. The van der Waals surface area contributed by atoms with E-state index >= 15 is 4.39 Å². The predicted molar refractivity (Wildman–Crippen MR) is 119 cm³/mol. The summed E-state index contributed by atoms with van der Waals surface area (Å²) in [6, 6.07) is 0. The van der Waals surface area contributed by atoms with Crippen molar-refractivity contribution in [3.05, 3.63) is 36.0 Å². The van der Waals surface area contributed by atoms with Crippen molar-refractivity contribution in [2.45, 2.75) is 76.1 Å². The summed E-state index contributed by atoms with van der Waals surface area (Å²) >= 11 is -0.467. The average Bonchev–Trinajstić information content (AvgIpc) is 2.96. The number of fused-ring (bicyclic) bond motifs is 5. The van der Waals surface area contributed by atoms with Crippen LogP contribution in [-0.4, -0.2) is 53.9 Å². The molecule has 0 aromatic rings. The molecule has 0 aromatic heterocycles. The summed E-state index contributed by atoms with van der Waals surface area (Å²) < 4.78 is 22.9. The topological polar surface area (TPSA) is 80.7 Å². The van der Waals surface area contributed by atoms with E-state index in [2.05, 4.69) is 6.58 Å². The van der Waals surface area contributed by atoms with Crippen molar-refractivity contribution in [3.63, 3.8) is 0 Å². The number of allylic oxidation sites excluding steroid dienone is 4. The van der Waals surface area contributed by atoms with E-state index in [9.17, 15) is 19.5 Å². The van der Waals surface area contributed by atoms with Gasteiger partial charge in [0.05, 0.1) is 0 Å². The van der Waals surface area contributed by atoms with E-state index in [0.717, 1.165) is 0 Å². The molecule has 0 amide bonds. The summed E-state index contributed by atoms with van der Waals surface area (Å²) in [6.45, 7) is 9.45. The summed E-state index contributed by atoms with van der Waals surface area (Å²) in [4.78, 5) is 37.8. The molecule has 0 saturated heterocycles. The molecule has 174 valence electrons. The van der Waals surface area contributed by atoms with Gasteiger partial charge in [-0.15, -0.1) is 0 Å². The van der Waals surface area contributed by atoms with E-state index in [1.54, 1.807) is 25.7 Å². The fourth-order valence-corrected chi connectivity index (χ4v) is 8.63. The summed E-state index contributed by atoms with van der Waals surface area (Å²) in [6.07, 6.45) is 4.57. The Bertz CT molecular complexity index is 971. The fraction of sp³-hybridized carbons (Fsp3) is 0.640. The number of esters is 1. The van der Waals surface area contributed by atoms with Gasteiger partial charge in [0.2, 0.25) is 0 Å². The second kappa shape index (κ2) is 7.47. The van der Waals surface area contributed by atoms with Crippen molar-refractivity contribution in [1.82, 2.24) is 0 Å². The number of aliphatic hydroxyl groups excluding tert-OH is 1. The molecular formula is C25H31FO5Se. The Morgan fingerprint density at radius 2 is 2.03 bits per heavy atom. The summed E-state index contributed by atoms with van der Waals surface area (Å²) in [5.41, 5.74) is -4.36. The number of carbonyl (C=O) groups excluding carboxylic acids is 3. The predicted octanol–water partition coefficient (Wildman–Crippen LogP) is 3.49. The Labute approximate surface area is 194 Å². The Morgan fingerprint density at radius 1 is 1.34 bits per heavy atom. The van der Waals surface area contributed by atoms with Gasteiger partial charge in [0.15, 0.2) is 0 Å². The maximum atomic E-state index is 17.2. The molecule has 2 unspecified atom stereocenters. The van der Waals surface area contributed by atoms with Crippen LogP contribution in [0.1, 0.15) is 52.9 Å². The first-order valence-corrected chi connectivity index (χ1v) is 13.8. The van der Waals surface area contributed by atoms with Gasteiger partial charge in [-0.1, -0.05) is 0 Å². The van der Waals surface area contributed by atoms with Crippen LogP contribution < -0.4 is 0 Å². The normalized spacial score (nSPS) is 44.9. The number of rotatable bonds is 4. The van der Waals surface area contributed by atoms with Crippen molar-refractivity contribution >= 4 is 31.4 Å². The van der Waals surface area contributed by atoms with Gasteiger partial charge in [-0.2, -0.15) is 0 Å². The number of hydrogen-bond donors (Lipinski definition) is 1. The zero-order valence-electron chi connectivity index (χ0n) is 19.1. The molecule has 5 nitrogen and oxygen atoms in total. The molecule has 3 fully saturated rings. The molecule has 0 aromatic carbocycles. The van der Waals surface area contributed by atoms with E-state index in [1.807, 2.05) is 6.92 Å². The zero-order valence-corrected chi connectivity index (χ0v) is 20.8. The number of ether oxygens (including phenoxy) is 1. The first-order valence-electron chi connectivity index (χ1n) is 11.2. The third-order valence-corrected chi connectivity index (χ3v) is 10.2. The summed E-state index contributed by atoms with van der Waals surface area (Å²) in [7, 11) is 0. The first kappa shape index (κ1) is 23.6. The molecule has 3 saturated carbocycles. The van der Waals surface area contributed by atoms with Crippen molar-refractivity contribution in [1.29, 1.82) is 0 Å². The van der Waals surface area contributed by atoms with E-state index in [-0.39, 0.29) is 29.2 Å². The van der Waals surface area contributed by atoms with Gasteiger partial charge in [0.1, 0.15) is 0 Å². The molecule has 0 aliphatic heterocycles. The van der Waals surface area contributed by atoms with Crippen LogP contribution in [0.4, 0.5) is 4.39 Å². The van der Waals surface area contributed by atoms with E-state index < -0.39 is 55.0 Å². The molecule has 1 N–H and O–H groups in total. The standard InChI is InChI=1S/C25H31FO5Se/c1-6-20(29)31-25(21(30)32-5)14(2)11-18-17-8-7-15-12-16(27)9-10-22(15,3)24(17,26)19(28)13-23(18,25)4/h9-10,12,17-19,28H,2,6-8,11,13H2,1,3-5H3/t17?,18?,19-,22-,23-,24-,25-/m0/s1. The van der Waals surface area contributed by atoms with Crippen LogP contribution in [0.5, 0.6) is 0 Å². The molecular weight excluding hydrogens is 478 g/mol. The molecule has 32 heavy (non-hydrogen) atoms. The van der Waals surface area contributed by atoms with Crippen LogP contribution in [-0.2, 0) is 19.1 Å². The van der Waals surface area contributed by atoms with Crippen molar-refractivity contribution in [2.24, 2.45) is 22.7 Å². The van der Waals surface area contributed by atoms with Gasteiger partial charge in [0.25, 0.3) is 0 Å². The fourth-order valence-electron chi connectivity index (χ4n) is 7.15. The quantitative estimate of drug-likeness (QED) is 0.357. The number of ketones is 1. The van der Waals surface area contributed by atoms with Crippen LogP contribution in [0.2, 0.25) is 5.82 Å². The monoisotopic (exact) mass is 510 g/mol. The third-order valence-electron chi connectivity index (χ3n) is 8.83. The maximum absolute atomic E-state index is 17.2. The van der Waals surface area contributed by atoms with Crippen molar-refractivity contribution < 1.29 is 28.6 Å². The number of carbonyl (C=O) groups is 3. The molecule has 4 aliphatic carbocycles. The van der Waals surface area contributed by atoms with Gasteiger partial charge in [0, 0.05) is 0 Å². The van der Waals surface area contributed by atoms with Crippen LogP contribution in [0.25, 0.3) is 0 Å². The van der Waals surface area contributed by atoms with Crippen molar-refractivity contribution in [3.8, 4) is 0 Å². The molecule has 4 aliphatic rings. The second-order valence-corrected chi connectivity index (χ2v) is 11.7. The molecule has 7 heteroatoms. The molecule has 0 radical (unpaired) electrons. The van der Waals surface area contributed by atoms with Gasteiger partial charge in [-0.3, -0.25) is 0 Å². The number of halogens is 1. The zero-order chi connectivity index (χ0) is 23.7. The van der Waals surface area contributed by atoms with Crippen LogP contribution >= 0.6 is 0 Å². The van der Waals surface area contributed by atoms with Gasteiger partial charge in [-0.25, -0.2) is 0 Å². The van der Waals surface area contributed by atoms with Gasteiger partial charge < -0.3 is 0 Å². The molecule has 7 atom stereocenters.